The lowest BCUT2D eigenvalue weighted by Gasteiger charge is -2.18. The molecule has 3 aromatic carbocycles. The van der Waals surface area contributed by atoms with Gasteiger partial charge in [-0.2, -0.15) is 0 Å². The van der Waals surface area contributed by atoms with Crippen LogP contribution in [0, 0.1) is 5.82 Å². The Balaban J connectivity index is 1.73. The topological polar surface area (TPSA) is 95.5 Å². The van der Waals surface area contributed by atoms with Gasteiger partial charge in [0.05, 0.1) is 12.1 Å². The van der Waals surface area contributed by atoms with Crippen molar-refractivity contribution in [1.29, 1.82) is 0 Å². The number of hydrogen-bond donors (Lipinski definition) is 3. The molecule has 0 aliphatic rings. The Morgan fingerprint density at radius 3 is 2.27 bits per heavy atom. The molecule has 0 heterocycles. The Morgan fingerprint density at radius 2 is 1.64 bits per heavy atom. The highest BCUT2D eigenvalue weighted by atomic mass is 79.9. The Hall–Kier alpha value is -3.17. The number of nitrogens with one attached hydrogen (secondary N) is 2. The highest BCUT2D eigenvalue weighted by Crippen LogP contribution is 2.37. The largest absolute Gasteiger partial charge is 0.481 e. The van der Waals surface area contributed by atoms with Crippen LogP contribution in [0.5, 0.6) is 0 Å². The number of halogens is 2. The number of rotatable bonds is 9. The lowest BCUT2D eigenvalue weighted by Crippen LogP contribution is -2.19. The van der Waals surface area contributed by atoms with Gasteiger partial charge in [0.25, 0.3) is 0 Å². The van der Waals surface area contributed by atoms with Crippen LogP contribution in [0.3, 0.4) is 0 Å². The average molecular weight is 531 g/mol. The predicted octanol–water partition coefficient (Wildman–Crippen LogP) is 5.86. The summed E-state index contributed by atoms with van der Waals surface area (Å²) in [5.74, 6) is -2.35. The van der Waals surface area contributed by atoms with E-state index in [1.807, 2.05) is 30.3 Å². The molecule has 170 valence electrons. The molecule has 2 amide bonds. The van der Waals surface area contributed by atoms with Gasteiger partial charge in [0.15, 0.2) is 0 Å². The zero-order chi connectivity index (χ0) is 23.8. The van der Waals surface area contributed by atoms with Crippen molar-refractivity contribution in [1.82, 2.24) is 0 Å². The second-order valence-electron chi connectivity index (χ2n) is 6.99. The number of carbonyl (C=O) groups excluding carboxylic acids is 2. The summed E-state index contributed by atoms with van der Waals surface area (Å²) < 4.78 is 14.8. The lowest BCUT2D eigenvalue weighted by atomic mass is 10.1. The third kappa shape index (κ3) is 7.44. The number of carboxylic acid groups (broad SMARTS) is 1. The van der Waals surface area contributed by atoms with E-state index in [-0.39, 0.29) is 24.4 Å². The third-order valence-electron chi connectivity index (χ3n) is 4.49. The molecule has 0 bridgehead atoms. The lowest BCUT2D eigenvalue weighted by molar-refractivity contribution is -0.138. The molecule has 1 atom stereocenters. The first kappa shape index (κ1) is 24.5. The van der Waals surface area contributed by atoms with Crippen LogP contribution in [0.1, 0.15) is 23.7 Å². The predicted molar refractivity (Wildman–Crippen MR) is 130 cm³/mol. The zero-order valence-corrected chi connectivity index (χ0v) is 19.7. The maximum absolute atomic E-state index is 14.2. The van der Waals surface area contributed by atoms with Gasteiger partial charge in [-0.3, -0.25) is 14.4 Å². The molecule has 3 N–H and O–H groups in total. The van der Waals surface area contributed by atoms with Crippen molar-refractivity contribution in [3.05, 3.63) is 88.6 Å². The number of thioether (sulfide) groups is 1. The Bertz CT molecular complexity index is 1140. The summed E-state index contributed by atoms with van der Waals surface area (Å²) in [6.45, 7) is 0. The molecule has 0 saturated heterocycles. The van der Waals surface area contributed by atoms with Crippen LogP contribution in [0.2, 0.25) is 0 Å². The van der Waals surface area contributed by atoms with Gasteiger partial charge in [-0.1, -0.05) is 46.3 Å². The average Bonchev–Trinajstić information content (AvgIpc) is 2.79. The van der Waals surface area contributed by atoms with Gasteiger partial charge in [0.1, 0.15) is 11.1 Å². The Morgan fingerprint density at radius 1 is 0.939 bits per heavy atom. The second kappa shape index (κ2) is 11.6. The van der Waals surface area contributed by atoms with Crippen LogP contribution in [0.25, 0.3) is 0 Å². The van der Waals surface area contributed by atoms with E-state index in [4.69, 9.17) is 5.11 Å². The standard InChI is InChI=1S/C24H20BrFN2O4S/c25-16-6-11-20(19(26)14-16)28-24(32)23(15-4-2-1-3-5-15)33-18-9-7-17(8-10-18)27-21(29)12-13-22(30)31/h1-11,14,23H,12-13H2,(H,27,29)(H,28,32)(H,30,31). The molecule has 0 fully saturated rings. The smallest absolute Gasteiger partial charge is 0.303 e. The monoisotopic (exact) mass is 530 g/mol. The van der Waals surface area contributed by atoms with Crippen LogP contribution in [-0.4, -0.2) is 22.9 Å². The van der Waals surface area contributed by atoms with E-state index in [1.54, 1.807) is 30.3 Å². The summed E-state index contributed by atoms with van der Waals surface area (Å²) in [7, 11) is 0. The molecule has 0 spiro atoms. The van der Waals surface area contributed by atoms with Gasteiger partial charge in [-0.15, -0.1) is 11.8 Å². The zero-order valence-electron chi connectivity index (χ0n) is 17.3. The number of aliphatic carboxylic acids is 1. The molecule has 3 aromatic rings. The summed E-state index contributed by atoms with van der Waals surface area (Å²) in [5, 5.41) is 13.3. The number of carboxylic acids is 1. The van der Waals surface area contributed by atoms with E-state index >= 15 is 0 Å². The van der Waals surface area contributed by atoms with Crippen molar-refractivity contribution in [2.24, 2.45) is 0 Å². The van der Waals surface area contributed by atoms with Crippen LogP contribution in [0.4, 0.5) is 15.8 Å². The van der Waals surface area contributed by atoms with E-state index in [9.17, 15) is 18.8 Å². The van der Waals surface area contributed by atoms with Crippen LogP contribution in [-0.2, 0) is 14.4 Å². The quantitative estimate of drug-likeness (QED) is 0.301. The van der Waals surface area contributed by atoms with E-state index in [0.29, 0.717) is 10.2 Å². The number of carbonyl (C=O) groups is 3. The minimum atomic E-state index is -1.04. The van der Waals surface area contributed by atoms with Gasteiger partial charge in [0.2, 0.25) is 11.8 Å². The molecule has 9 heteroatoms. The van der Waals surface area contributed by atoms with E-state index in [0.717, 1.165) is 10.5 Å². The fourth-order valence-electron chi connectivity index (χ4n) is 2.89. The minimum Gasteiger partial charge on any atom is -0.481 e. The maximum Gasteiger partial charge on any atom is 0.303 e. The van der Waals surface area contributed by atoms with Crippen molar-refractivity contribution in [2.45, 2.75) is 23.0 Å². The maximum atomic E-state index is 14.2. The number of benzene rings is 3. The summed E-state index contributed by atoms with van der Waals surface area (Å²) in [6, 6.07) is 20.4. The summed E-state index contributed by atoms with van der Waals surface area (Å²) in [5.41, 5.74) is 1.36. The van der Waals surface area contributed by atoms with Crippen LogP contribution < -0.4 is 10.6 Å². The molecule has 0 saturated carbocycles. The van der Waals surface area contributed by atoms with Crippen LogP contribution >= 0.6 is 27.7 Å². The molecular formula is C24H20BrFN2O4S. The van der Waals surface area contributed by atoms with Gasteiger partial charge in [-0.05, 0) is 48.0 Å². The molecule has 1 unspecified atom stereocenters. The Labute approximate surface area is 202 Å². The SMILES string of the molecule is O=C(O)CCC(=O)Nc1ccc(SC(C(=O)Nc2ccc(Br)cc2F)c2ccccc2)cc1. The van der Waals surface area contributed by atoms with Gasteiger partial charge >= 0.3 is 5.97 Å². The second-order valence-corrected chi connectivity index (χ2v) is 9.08. The first-order valence-electron chi connectivity index (χ1n) is 9.91. The van der Waals surface area contributed by atoms with Crippen LogP contribution in [0.15, 0.2) is 82.2 Å². The minimum absolute atomic E-state index is 0.0872. The molecule has 33 heavy (non-hydrogen) atoms. The molecule has 3 rings (SSSR count). The van der Waals surface area contributed by atoms with Crippen molar-refractivity contribution < 1.29 is 23.9 Å². The normalized spacial score (nSPS) is 11.5. The highest BCUT2D eigenvalue weighted by Gasteiger charge is 2.23. The molecule has 6 nitrogen and oxygen atoms in total. The molecular weight excluding hydrogens is 511 g/mol. The first-order valence-corrected chi connectivity index (χ1v) is 11.6. The molecule has 0 aliphatic heterocycles. The fourth-order valence-corrected chi connectivity index (χ4v) is 4.24. The molecule has 0 aliphatic carbocycles. The van der Waals surface area contributed by atoms with Gasteiger partial charge < -0.3 is 15.7 Å². The summed E-state index contributed by atoms with van der Waals surface area (Å²) in [4.78, 5) is 36.2. The first-order chi connectivity index (χ1) is 15.8. The molecule has 0 radical (unpaired) electrons. The van der Waals surface area contributed by atoms with E-state index in [1.165, 1.54) is 23.9 Å². The highest BCUT2D eigenvalue weighted by molar-refractivity contribution is 9.10. The third-order valence-corrected chi connectivity index (χ3v) is 6.25. The number of hydrogen-bond acceptors (Lipinski definition) is 4. The van der Waals surface area contributed by atoms with Crippen molar-refractivity contribution in [3.8, 4) is 0 Å². The molecule has 0 aromatic heterocycles. The fraction of sp³-hybridized carbons (Fsp3) is 0.125. The van der Waals surface area contributed by atoms with E-state index in [2.05, 4.69) is 26.6 Å². The van der Waals surface area contributed by atoms with Crippen molar-refractivity contribution >= 4 is 56.9 Å². The summed E-state index contributed by atoms with van der Waals surface area (Å²) in [6.07, 6.45) is -0.360. The Kier molecular flexibility index (Phi) is 8.62. The van der Waals surface area contributed by atoms with Gasteiger partial charge in [-0.25, -0.2) is 4.39 Å². The van der Waals surface area contributed by atoms with Crippen molar-refractivity contribution in [3.63, 3.8) is 0 Å². The summed E-state index contributed by atoms with van der Waals surface area (Å²) >= 11 is 4.48. The number of anilines is 2. The van der Waals surface area contributed by atoms with Gasteiger partial charge in [0, 0.05) is 21.5 Å². The van der Waals surface area contributed by atoms with E-state index < -0.39 is 22.9 Å². The number of amides is 2. The van der Waals surface area contributed by atoms with Crippen molar-refractivity contribution in [2.75, 3.05) is 10.6 Å².